The summed E-state index contributed by atoms with van der Waals surface area (Å²) in [7, 11) is 0. The third kappa shape index (κ3) is 6.69. The van der Waals surface area contributed by atoms with Crippen LogP contribution in [0.25, 0.3) is 0 Å². The molecule has 0 aromatic heterocycles. The molecule has 1 fully saturated rings. The normalized spacial score (nSPS) is 14.8. The highest BCUT2D eigenvalue weighted by Gasteiger charge is 2.30. The van der Waals surface area contributed by atoms with E-state index in [1.165, 1.54) is 17.0 Å². The van der Waals surface area contributed by atoms with Crippen molar-refractivity contribution in [1.29, 1.82) is 0 Å². The maximum Gasteiger partial charge on any atom is 0.261 e. The molecule has 0 saturated heterocycles. The van der Waals surface area contributed by atoms with Crippen LogP contribution in [0.5, 0.6) is 5.75 Å². The second kappa shape index (κ2) is 11.1. The van der Waals surface area contributed by atoms with E-state index in [0.29, 0.717) is 17.2 Å². The highest BCUT2D eigenvalue weighted by Crippen LogP contribution is 2.20. The average Bonchev–Trinajstić information content (AvgIpc) is 3.26. The van der Waals surface area contributed by atoms with E-state index in [-0.39, 0.29) is 36.8 Å². The molecule has 1 atom stereocenters. The molecule has 0 radical (unpaired) electrons. The first-order valence-electron chi connectivity index (χ1n) is 10.7. The largest absolute Gasteiger partial charge is 0.484 e. The number of amides is 2. The SMILES string of the molecule is CC[C@@H](C(=O)NC1CCCC1)N(Cc1ccc(F)cc1)C(=O)COc1cccc(Cl)c1. The maximum atomic E-state index is 13.3. The van der Waals surface area contributed by atoms with Crippen LogP contribution in [-0.2, 0) is 16.1 Å². The fourth-order valence-electron chi connectivity index (χ4n) is 3.86. The monoisotopic (exact) mass is 446 g/mol. The van der Waals surface area contributed by atoms with Crippen molar-refractivity contribution in [2.75, 3.05) is 6.61 Å². The van der Waals surface area contributed by atoms with E-state index >= 15 is 0 Å². The van der Waals surface area contributed by atoms with E-state index in [9.17, 15) is 14.0 Å². The van der Waals surface area contributed by atoms with Crippen molar-refractivity contribution in [2.24, 2.45) is 0 Å². The molecule has 5 nitrogen and oxygen atoms in total. The molecule has 2 amide bonds. The zero-order valence-electron chi connectivity index (χ0n) is 17.7. The summed E-state index contributed by atoms with van der Waals surface area (Å²) >= 11 is 5.98. The second-order valence-electron chi connectivity index (χ2n) is 7.81. The number of nitrogens with zero attached hydrogens (tertiary/aromatic N) is 1. The molecule has 0 spiro atoms. The van der Waals surface area contributed by atoms with Gasteiger partial charge in [0.1, 0.15) is 17.6 Å². The van der Waals surface area contributed by atoms with Crippen LogP contribution in [0.2, 0.25) is 5.02 Å². The van der Waals surface area contributed by atoms with Crippen LogP contribution in [0, 0.1) is 5.82 Å². The number of hydrogen-bond donors (Lipinski definition) is 1. The van der Waals surface area contributed by atoms with Gasteiger partial charge in [0, 0.05) is 17.6 Å². The van der Waals surface area contributed by atoms with Crippen LogP contribution < -0.4 is 10.1 Å². The van der Waals surface area contributed by atoms with Gasteiger partial charge in [0.25, 0.3) is 5.91 Å². The first kappa shape index (κ1) is 23.1. The van der Waals surface area contributed by atoms with E-state index in [4.69, 9.17) is 16.3 Å². The maximum absolute atomic E-state index is 13.3. The zero-order valence-corrected chi connectivity index (χ0v) is 18.4. The number of carbonyl (C=O) groups excluding carboxylic acids is 2. The highest BCUT2D eigenvalue weighted by molar-refractivity contribution is 6.30. The minimum absolute atomic E-state index is 0.159. The molecule has 3 rings (SSSR count). The Labute approximate surface area is 187 Å². The van der Waals surface area contributed by atoms with Crippen molar-refractivity contribution in [2.45, 2.75) is 57.7 Å². The smallest absolute Gasteiger partial charge is 0.261 e. The van der Waals surface area contributed by atoms with Crippen LogP contribution in [0.15, 0.2) is 48.5 Å². The van der Waals surface area contributed by atoms with Gasteiger partial charge in [0.05, 0.1) is 0 Å². The number of rotatable bonds is 9. The molecule has 2 aromatic carbocycles. The van der Waals surface area contributed by atoms with Gasteiger partial charge < -0.3 is 15.0 Å². The first-order valence-corrected chi connectivity index (χ1v) is 11.1. The van der Waals surface area contributed by atoms with Crippen LogP contribution in [0.3, 0.4) is 0 Å². The van der Waals surface area contributed by atoms with Gasteiger partial charge in [0.15, 0.2) is 6.61 Å². The summed E-state index contributed by atoms with van der Waals surface area (Å²) in [5, 5.41) is 3.60. The molecule has 0 aliphatic heterocycles. The molecule has 2 aromatic rings. The van der Waals surface area contributed by atoms with E-state index in [1.54, 1.807) is 36.4 Å². The molecule has 1 saturated carbocycles. The fourth-order valence-corrected chi connectivity index (χ4v) is 4.04. The van der Waals surface area contributed by atoms with Gasteiger partial charge in [-0.05, 0) is 55.2 Å². The lowest BCUT2D eigenvalue weighted by Crippen LogP contribution is -2.52. The first-order chi connectivity index (χ1) is 15.0. The van der Waals surface area contributed by atoms with E-state index in [1.807, 2.05) is 6.92 Å². The van der Waals surface area contributed by atoms with E-state index in [0.717, 1.165) is 31.2 Å². The number of carbonyl (C=O) groups is 2. The Morgan fingerprint density at radius 1 is 1.19 bits per heavy atom. The van der Waals surface area contributed by atoms with Gasteiger partial charge >= 0.3 is 0 Å². The molecular formula is C24H28ClFN2O3. The van der Waals surface area contributed by atoms with Gasteiger partial charge in [-0.2, -0.15) is 0 Å². The van der Waals surface area contributed by atoms with Gasteiger partial charge in [-0.1, -0.05) is 49.6 Å². The van der Waals surface area contributed by atoms with Gasteiger partial charge in [-0.3, -0.25) is 9.59 Å². The number of ether oxygens (including phenoxy) is 1. The summed E-state index contributed by atoms with van der Waals surface area (Å²) in [6.45, 7) is 1.84. The summed E-state index contributed by atoms with van der Waals surface area (Å²) in [6.07, 6.45) is 4.60. The van der Waals surface area contributed by atoms with E-state index < -0.39 is 6.04 Å². The fraction of sp³-hybridized carbons (Fsp3) is 0.417. The summed E-state index contributed by atoms with van der Waals surface area (Å²) in [5.41, 5.74) is 0.740. The molecule has 0 unspecified atom stereocenters. The molecule has 1 N–H and O–H groups in total. The third-order valence-corrected chi connectivity index (χ3v) is 5.75. The van der Waals surface area contributed by atoms with Crippen LogP contribution in [0.4, 0.5) is 4.39 Å². The Hall–Kier alpha value is -2.60. The minimum atomic E-state index is -0.638. The Morgan fingerprint density at radius 3 is 2.55 bits per heavy atom. The Bertz CT molecular complexity index is 885. The van der Waals surface area contributed by atoms with Crippen LogP contribution >= 0.6 is 11.6 Å². The summed E-state index contributed by atoms with van der Waals surface area (Å²) in [5.74, 6) is -0.353. The second-order valence-corrected chi connectivity index (χ2v) is 8.24. The molecule has 166 valence electrons. The van der Waals surface area contributed by atoms with Gasteiger partial charge in [-0.15, -0.1) is 0 Å². The predicted octanol–water partition coefficient (Wildman–Crippen LogP) is 4.72. The predicted molar refractivity (Wildman–Crippen MR) is 118 cm³/mol. The minimum Gasteiger partial charge on any atom is -0.484 e. The summed E-state index contributed by atoms with van der Waals surface area (Å²) in [4.78, 5) is 27.7. The Balaban J connectivity index is 1.75. The van der Waals surface area contributed by atoms with Crippen molar-refractivity contribution in [3.8, 4) is 5.75 Å². The number of hydrogen-bond acceptors (Lipinski definition) is 3. The Kier molecular flexibility index (Phi) is 8.29. The van der Waals surface area contributed by atoms with Gasteiger partial charge in [-0.25, -0.2) is 4.39 Å². The summed E-state index contributed by atoms with van der Waals surface area (Å²) in [6, 6.07) is 12.3. The molecule has 7 heteroatoms. The van der Waals surface area contributed by atoms with Crippen LogP contribution in [0.1, 0.15) is 44.6 Å². The lowest BCUT2D eigenvalue weighted by Gasteiger charge is -2.31. The van der Waals surface area contributed by atoms with Crippen molar-refractivity contribution >= 4 is 23.4 Å². The number of nitrogens with one attached hydrogen (secondary N) is 1. The lowest BCUT2D eigenvalue weighted by molar-refractivity contribution is -0.143. The van der Waals surface area contributed by atoms with Crippen molar-refractivity contribution < 1.29 is 18.7 Å². The molecular weight excluding hydrogens is 419 g/mol. The molecule has 1 aliphatic rings. The average molecular weight is 447 g/mol. The lowest BCUT2D eigenvalue weighted by atomic mass is 10.1. The molecule has 1 aliphatic carbocycles. The summed E-state index contributed by atoms with van der Waals surface area (Å²) < 4.78 is 19.0. The quantitative estimate of drug-likeness (QED) is 0.606. The highest BCUT2D eigenvalue weighted by atomic mass is 35.5. The molecule has 0 bridgehead atoms. The van der Waals surface area contributed by atoms with Gasteiger partial charge in [0.2, 0.25) is 5.91 Å². The molecule has 0 heterocycles. The third-order valence-electron chi connectivity index (χ3n) is 5.51. The zero-order chi connectivity index (χ0) is 22.2. The van der Waals surface area contributed by atoms with E-state index in [2.05, 4.69) is 5.32 Å². The van der Waals surface area contributed by atoms with Crippen LogP contribution in [-0.4, -0.2) is 35.4 Å². The Morgan fingerprint density at radius 2 is 1.90 bits per heavy atom. The standard InChI is InChI=1S/C24H28ClFN2O3/c1-2-22(24(30)27-20-7-3-4-8-20)28(15-17-10-12-19(26)13-11-17)23(29)16-31-21-9-5-6-18(25)14-21/h5-6,9-14,20,22H,2-4,7-8,15-16H2,1H3,(H,27,30)/t22-/m0/s1. The number of benzene rings is 2. The van der Waals surface area contributed by atoms with Crippen molar-refractivity contribution in [3.63, 3.8) is 0 Å². The molecule has 31 heavy (non-hydrogen) atoms. The van der Waals surface area contributed by atoms with Crippen molar-refractivity contribution in [1.82, 2.24) is 10.2 Å². The number of halogens is 2. The van der Waals surface area contributed by atoms with Crippen molar-refractivity contribution in [3.05, 3.63) is 64.9 Å². The topological polar surface area (TPSA) is 58.6 Å².